The number of hydrogen-bond donors (Lipinski definition) is 2. The highest BCUT2D eigenvalue weighted by atomic mass is 16.5. The predicted molar refractivity (Wildman–Crippen MR) is 152 cm³/mol. The average molecular weight is 555 g/mol. The average Bonchev–Trinajstić information content (AvgIpc) is 3.55. The van der Waals surface area contributed by atoms with Crippen LogP contribution in [-0.4, -0.2) is 52.8 Å². The fourth-order valence-corrected chi connectivity index (χ4v) is 5.86. The van der Waals surface area contributed by atoms with Gasteiger partial charge in [-0.25, -0.2) is 0 Å². The van der Waals surface area contributed by atoms with Gasteiger partial charge in [-0.15, -0.1) is 0 Å². The molecule has 3 heterocycles. The van der Waals surface area contributed by atoms with Gasteiger partial charge in [0, 0.05) is 44.7 Å². The minimum Gasteiger partial charge on any atom is -0.489 e. The summed E-state index contributed by atoms with van der Waals surface area (Å²) in [4.78, 5) is 40.7. The first-order valence-electron chi connectivity index (χ1n) is 14.1. The van der Waals surface area contributed by atoms with Crippen LogP contribution in [0.4, 0.5) is 0 Å². The van der Waals surface area contributed by atoms with Crippen molar-refractivity contribution in [1.29, 1.82) is 0 Å². The second kappa shape index (κ2) is 11.7. The molecule has 9 nitrogen and oxygen atoms in total. The third-order valence-electron chi connectivity index (χ3n) is 7.96. The number of benzene rings is 3. The molecule has 0 spiro atoms. The second-order valence-electron chi connectivity index (χ2n) is 10.9. The standard InChI is InChI=1S/C32H34N4O5/c33-16-21-3-1-5-23(13-21)20-40-25-6-2-4-22(14-25)17-35-12-11-27(19-35)41-26-7-8-28-24(15-26)18-36(32(28)39)29-9-10-30(37)34-31(29)38/h1-8,13-15,27,29H,9-12,16-20,33H2,(H,34,37,38)/t27-,29?/m0/s1. The number of carbonyl (C=O) groups excluding carboxylic acids is 3. The van der Waals surface area contributed by atoms with Gasteiger partial charge in [0.1, 0.15) is 30.3 Å². The van der Waals surface area contributed by atoms with Crippen LogP contribution in [-0.2, 0) is 35.8 Å². The summed E-state index contributed by atoms with van der Waals surface area (Å²) in [6.45, 7) is 3.88. The Labute approximate surface area is 239 Å². The monoisotopic (exact) mass is 554 g/mol. The van der Waals surface area contributed by atoms with E-state index < -0.39 is 11.9 Å². The number of ether oxygens (including phenoxy) is 2. The fraction of sp³-hybridized carbons (Fsp3) is 0.344. The SMILES string of the molecule is NCc1cccc(COc2cccc(CN3CC[C@H](Oc4ccc5c(c4)CN(C4CCC(=O)NC4=O)C5=O)C3)c2)c1. The van der Waals surface area contributed by atoms with Gasteiger partial charge < -0.3 is 20.1 Å². The zero-order chi connectivity index (χ0) is 28.3. The van der Waals surface area contributed by atoms with Crippen molar-refractivity contribution in [2.24, 2.45) is 5.73 Å². The number of imide groups is 1. The van der Waals surface area contributed by atoms with Gasteiger partial charge in [0.05, 0.1) is 0 Å². The number of nitrogens with one attached hydrogen (secondary N) is 1. The lowest BCUT2D eigenvalue weighted by atomic mass is 10.0. The molecular weight excluding hydrogens is 520 g/mol. The molecule has 41 heavy (non-hydrogen) atoms. The van der Waals surface area contributed by atoms with Crippen LogP contribution in [0.25, 0.3) is 0 Å². The second-order valence-corrected chi connectivity index (χ2v) is 10.9. The van der Waals surface area contributed by atoms with Crippen LogP contribution >= 0.6 is 0 Å². The molecule has 3 amide bonds. The van der Waals surface area contributed by atoms with Crippen LogP contribution < -0.4 is 20.5 Å². The summed E-state index contributed by atoms with van der Waals surface area (Å²) in [5.74, 6) is 0.694. The van der Waals surface area contributed by atoms with Gasteiger partial charge in [0.15, 0.2) is 0 Å². The van der Waals surface area contributed by atoms with E-state index in [9.17, 15) is 14.4 Å². The maximum absolute atomic E-state index is 13.0. The number of nitrogens with zero attached hydrogens (tertiary/aromatic N) is 2. The fourth-order valence-electron chi connectivity index (χ4n) is 5.86. The van der Waals surface area contributed by atoms with Gasteiger partial charge >= 0.3 is 0 Å². The van der Waals surface area contributed by atoms with Gasteiger partial charge in [-0.05, 0) is 65.4 Å². The van der Waals surface area contributed by atoms with E-state index >= 15 is 0 Å². The summed E-state index contributed by atoms with van der Waals surface area (Å²) in [7, 11) is 0. The minimum absolute atomic E-state index is 0.0469. The summed E-state index contributed by atoms with van der Waals surface area (Å²) < 4.78 is 12.4. The zero-order valence-corrected chi connectivity index (χ0v) is 22.9. The number of rotatable bonds is 9. The molecular formula is C32H34N4O5. The normalized spacial score (nSPS) is 20.7. The molecule has 9 heteroatoms. The minimum atomic E-state index is -0.619. The molecule has 6 rings (SSSR count). The zero-order valence-electron chi connectivity index (χ0n) is 22.9. The van der Waals surface area contributed by atoms with Gasteiger partial charge in [-0.3, -0.25) is 24.6 Å². The van der Waals surface area contributed by atoms with Crippen LogP contribution in [0.1, 0.15) is 51.9 Å². The van der Waals surface area contributed by atoms with Gasteiger partial charge in [0.2, 0.25) is 11.8 Å². The van der Waals surface area contributed by atoms with Crippen LogP contribution in [0.3, 0.4) is 0 Å². The molecule has 3 aromatic carbocycles. The molecule has 3 aliphatic heterocycles. The van der Waals surface area contributed by atoms with Crippen molar-refractivity contribution in [3.05, 3.63) is 94.5 Å². The van der Waals surface area contributed by atoms with Gasteiger partial charge in [-0.2, -0.15) is 0 Å². The predicted octanol–water partition coefficient (Wildman–Crippen LogP) is 3.14. The Morgan fingerprint density at radius 3 is 2.59 bits per heavy atom. The summed E-state index contributed by atoms with van der Waals surface area (Å²) in [5.41, 5.74) is 10.6. The third-order valence-corrected chi connectivity index (χ3v) is 7.96. The van der Waals surface area contributed by atoms with Crippen LogP contribution in [0.5, 0.6) is 11.5 Å². The molecule has 0 bridgehead atoms. The van der Waals surface area contributed by atoms with E-state index in [1.165, 1.54) is 5.56 Å². The lowest BCUT2D eigenvalue weighted by Gasteiger charge is -2.29. The van der Waals surface area contributed by atoms with E-state index in [0.29, 0.717) is 31.7 Å². The topological polar surface area (TPSA) is 114 Å². The highest BCUT2D eigenvalue weighted by molar-refractivity contribution is 6.05. The molecule has 0 saturated carbocycles. The quantitative estimate of drug-likeness (QED) is 0.391. The summed E-state index contributed by atoms with van der Waals surface area (Å²) in [6, 6.07) is 21.2. The molecule has 3 aromatic rings. The number of hydrogen-bond acceptors (Lipinski definition) is 7. The summed E-state index contributed by atoms with van der Waals surface area (Å²) >= 11 is 0. The number of carbonyl (C=O) groups is 3. The van der Waals surface area contributed by atoms with E-state index in [1.54, 1.807) is 11.0 Å². The largest absolute Gasteiger partial charge is 0.489 e. The number of fused-ring (bicyclic) bond motifs is 1. The molecule has 0 aromatic heterocycles. The highest BCUT2D eigenvalue weighted by Gasteiger charge is 2.39. The van der Waals surface area contributed by atoms with E-state index in [-0.39, 0.29) is 24.3 Å². The van der Waals surface area contributed by atoms with Crippen molar-refractivity contribution in [3.63, 3.8) is 0 Å². The molecule has 0 radical (unpaired) electrons. The van der Waals surface area contributed by atoms with Crippen molar-refractivity contribution >= 4 is 17.7 Å². The summed E-state index contributed by atoms with van der Waals surface area (Å²) in [6.07, 6.45) is 1.55. The van der Waals surface area contributed by atoms with Crippen LogP contribution in [0.2, 0.25) is 0 Å². The molecule has 0 aliphatic carbocycles. The van der Waals surface area contributed by atoms with E-state index in [0.717, 1.165) is 54.2 Å². The van der Waals surface area contributed by atoms with Crippen LogP contribution in [0.15, 0.2) is 66.7 Å². The first kappa shape index (κ1) is 27.0. The molecule has 3 N–H and O–H groups in total. The Balaban J connectivity index is 1.02. The highest BCUT2D eigenvalue weighted by Crippen LogP contribution is 2.31. The Kier molecular flexibility index (Phi) is 7.71. The van der Waals surface area contributed by atoms with Crippen molar-refractivity contribution in [1.82, 2.24) is 15.1 Å². The Bertz CT molecular complexity index is 1470. The van der Waals surface area contributed by atoms with Crippen molar-refractivity contribution in [2.45, 2.75) is 57.6 Å². The maximum atomic E-state index is 13.0. The van der Waals surface area contributed by atoms with E-state index in [1.807, 2.05) is 42.5 Å². The Morgan fingerprint density at radius 1 is 0.902 bits per heavy atom. The number of likely N-dealkylation sites (tertiary alicyclic amines) is 1. The van der Waals surface area contributed by atoms with Crippen molar-refractivity contribution in [2.75, 3.05) is 13.1 Å². The van der Waals surface area contributed by atoms with Crippen molar-refractivity contribution < 1.29 is 23.9 Å². The van der Waals surface area contributed by atoms with E-state index in [2.05, 4.69) is 28.4 Å². The molecule has 3 aliphatic rings. The van der Waals surface area contributed by atoms with Gasteiger partial charge in [-0.1, -0.05) is 36.4 Å². The molecule has 1 unspecified atom stereocenters. The first-order chi connectivity index (χ1) is 19.9. The summed E-state index contributed by atoms with van der Waals surface area (Å²) in [5, 5.41) is 2.34. The first-order valence-corrected chi connectivity index (χ1v) is 14.1. The maximum Gasteiger partial charge on any atom is 0.255 e. The third kappa shape index (κ3) is 6.11. The molecule has 2 atom stereocenters. The lowest BCUT2D eigenvalue weighted by molar-refractivity contribution is -0.136. The number of nitrogens with two attached hydrogens (primary N) is 1. The Hall–Kier alpha value is -4.21. The molecule has 212 valence electrons. The van der Waals surface area contributed by atoms with Gasteiger partial charge in [0.25, 0.3) is 5.91 Å². The lowest BCUT2D eigenvalue weighted by Crippen LogP contribution is -2.52. The Morgan fingerprint density at radius 2 is 1.73 bits per heavy atom. The smallest absolute Gasteiger partial charge is 0.255 e. The number of piperidine rings is 1. The van der Waals surface area contributed by atoms with Crippen molar-refractivity contribution in [3.8, 4) is 11.5 Å². The molecule has 2 fully saturated rings. The number of amides is 3. The van der Waals surface area contributed by atoms with Crippen LogP contribution in [0, 0.1) is 0 Å². The van der Waals surface area contributed by atoms with E-state index in [4.69, 9.17) is 15.2 Å². The molecule has 2 saturated heterocycles.